The summed E-state index contributed by atoms with van der Waals surface area (Å²) in [5.41, 5.74) is -0.722. The Morgan fingerprint density at radius 1 is 1.22 bits per heavy atom. The van der Waals surface area contributed by atoms with Gasteiger partial charge in [0.25, 0.3) is 0 Å². The second-order valence-corrected chi connectivity index (χ2v) is 3.95. The number of alkyl halides is 3. The van der Waals surface area contributed by atoms with Crippen LogP contribution < -0.4 is 10.1 Å². The van der Waals surface area contributed by atoms with Gasteiger partial charge in [-0.25, -0.2) is 0 Å². The van der Waals surface area contributed by atoms with E-state index in [0.717, 1.165) is 12.6 Å². The summed E-state index contributed by atoms with van der Waals surface area (Å²) >= 11 is 0. The highest BCUT2D eigenvalue weighted by atomic mass is 19.4. The molecule has 0 aromatic heterocycles. The zero-order valence-corrected chi connectivity index (χ0v) is 10.6. The predicted octanol–water partition coefficient (Wildman–Crippen LogP) is 3.47. The van der Waals surface area contributed by atoms with Gasteiger partial charge in [-0.2, -0.15) is 13.2 Å². The Morgan fingerprint density at radius 3 is 2.44 bits per heavy atom. The Morgan fingerprint density at radius 2 is 1.89 bits per heavy atom. The Hall–Kier alpha value is -1.23. The van der Waals surface area contributed by atoms with Crippen LogP contribution in [-0.4, -0.2) is 19.2 Å². The third-order valence-corrected chi connectivity index (χ3v) is 2.56. The molecular weight excluding hydrogens is 243 g/mol. The molecule has 1 rings (SSSR count). The minimum absolute atomic E-state index is 0.102. The van der Waals surface area contributed by atoms with Crippen LogP contribution in [-0.2, 0) is 6.18 Å². The molecule has 1 unspecified atom stereocenters. The standard InChI is InChI=1S/C13H18F3NO/c1-3-10(9-17-4-2)18-12-8-6-5-7-11(12)13(14,15)16/h5-8,10,17H,3-4,9H2,1-2H3. The van der Waals surface area contributed by atoms with Crippen molar-refractivity contribution in [2.45, 2.75) is 32.5 Å². The summed E-state index contributed by atoms with van der Waals surface area (Å²) in [5.74, 6) is -0.102. The molecule has 0 radical (unpaired) electrons. The Kier molecular flexibility index (Phi) is 5.47. The van der Waals surface area contributed by atoms with Gasteiger partial charge in [0, 0.05) is 6.54 Å². The van der Waals surface area contributed by atoms with Crippen LogP contribution in [0, 0.1) is 0 Å². The molecular formula is C13H18F3NO. The maximum atomic E-state index is 12.8. The molecule has 0 saturated heterocycles. The second kappa shape index (κ2) is 6.64. The molecule has 1 atom stereocenters. The first-order chi connectivity index (χ1) is 8.49. The minimum atomic E-state index is -4.38. The van der Waals surface area contributed by atoms with E-state index in [1.165, 1.54) is 12.1 Å². The Bertz CT molecular complexity index is 365. The minimum Gasteiger partial charge on any atom is -0.488 e. The number of benzene rings is 1. The maximum absolute atomic E-state index is 12.8. The smallest absolute Gasteiger partial charge is 0.419 e. The highest BCUT2D eigenvalue weighted by Gasteiger charge is 2.34. The lowest BCUT2D eigenvalue weighted by Crippen LogP contribution is -2.31. The van der Waals surface area contributed by atoms with Crippen molar-refractivity contribution in [3.63, 3.8) is 0 Å². The fourth-order valence-electron chi connectivity index (χ4n) is 1.56. The Balaban J connectivity index is 2.82. The highest BCUT2D eigenvalue weighted by Crippen LogP contribution is 2.36. The van der Waals surface area contributed by atoms with Gasteiger partial charge in [0.1, 0.15) is 11.9 Å². The monoisotopic (exact) mass is 261 g/mol. The molecule has 1 aromatic carbocycles. The molecule has 2 nitrogen and oxygen atoms in total. The van der Waals surface area contributed by atoms with Crippen LogP contribution in [0.1, 0.15) is 25.8 Å². The van der Waals surface area contributed by atoms with Gasteiger partial charge in [0.05, 0.1) is 5.56 Å². The van der Waals surface area contributed by atoms with Crippen LogP contribution in [0.15, 0.2) is 24.3 Å². The number of ether oxygens (including phenoxy) is 1. The lowest BCUT2D eigenvalue weighted by Gasteiger charge is -2.20. The molecule has 0 aliphatic carbocycles. The van der Waals surface area contributed by atoms with E-state index in [2.05, 4.69) is 5.32 Å². The maximum Gasteiger partial charge on any atom is 0.419 e. The van der Waals surface area contributed by atoms with E-state index in [0.29, 0.717) is 13.0 Å². The first-order valence-corrected chi connectivity index (χ1v) is 6.02. The molecule has 0 heterocycles. The Labute approximate surface area is 105 Å². The van der Waals surface area contributed by atoms with Crippen molar-refractivity contribution in [1.29, 1.82) is 0 Å². The van der Waals surface area contributed by atoms with Crippen LogP contribution in [0.3, 0.4) is 0 Å². The van der Waals surface area contributed by atoms with Crippen molar-refractivity contribution < 1.29 is 17.9 Å². The molecule has 18 heavy (non-hydrogen) atoms. The summed E-state index contributed by atoms with van der Waals surface area (Å²) in [6.45, 7) is 5.13. The molecule has 0 saturated carbocycles. The first kappa shape index (κ1) is 14.8. The molecule has 102 valence electrons. The van der Waals surface area contributed by atoms with E-state index in [-0.39, 0.29) is 11.9 Å². The lowest BCUT2D eigenvalue weighted by molar-refractivity contribution is -0.139. The number of nitrogens with one attached hydrogen (secondary N) is 1. The van der Waals surface area contributed by atoms with Gasteiger partial charge in [-0.15, -0.1) is 0 Å². The van der Waals surface area contributed by atoms with Crippen LogP contribution >= 0.6 is 0 Å². The fraction of sp³-hybridized carbons (Fsp3) is 0.538. The van der Waals surface area contributed by atoms with Crippen molar-refractivity contribution in [2.24, 2.45) is 0 Å². The van der Waals surface area contributed by atoms with Crippen molar-refractivity contribution in [1.82, 2.24) is 5.32 Å². The molecule has 0 fully saturated rings. The number of para-hydroxylation sites is 1. The summed E-state index contributed by atoms with van der Waals surface area (Å²) in [6, 6.07) is 5.30. The van der Waals surface area contributed by atoms with E-state index in [1.54, 1.807) is 6.07 Å². The number of rotatable bonds is 6. The first-order valence-electron chi connectivity index (χ1n) is 6.02. The second-order valence-electron chi connectivity index (χ2n) is 3.95. The van der Waals surface area contributed by atoms with Gasteiger partial charge in [-0.3, -0.25) is 0 Å². The van der Waals surface area contributed by atoms with Crippen molar-refractivity contribution in [2.75, 3.05) is 13.1 Å². The molecule has 0 aliphatic rings. The lowest BCUT2D eigenvalue weighted by atomic mass is 10.2. The topological polar surface area (TPSA) is 21.3 Å². The summed E-state index contributed by atoms with van der Waals surface area (Å²) in [5, 5.41) is 3.07. The molecule has 5 heteroatoms. The zero-order valence-electron chi connectivity index (χ0n) is 10.6. The fourth-order valence-corrected chi connectivity index (χ4v) is 1.56. The third kappa shape index (κ3) is 4.22. The van der Waals surface area contributed by atoms with Crippen LogP contribution in [0.4, 0.5) is 13.2 Å². The van der Waals surface area contributed by atoms with Crippen LogP contribution in [0.25, 0.3) is 0 Å². The SMILES string of the molecule is CCNCC(CC)Oc1ccccc1C(F)(F)F. The summed E-state index contributed by atoms with van der Waals surface area (Å²) < 4.78 is 43.7. The summed E-state index contributed by atoms with van der Waals surface area (Å²) in [7, 11) is 0. The molecule has 0 bridgehead atoms. The average molecular weight is 261 g/mol. The molecule has 0 amide bonds. The van der Waals surface area contributed by atoms with Gasteiger partial charge in [-0.1, -0.05) is 26.0 Å². The molecule has 0 aliphatic heterocycles. The zero-order chi connectivity index (χ0) is 13.6. The van der Waals surface area contributed by atoms with E-state index in [9.17, 15) is 13.2 Å². The van der Waals surface area contributed by atoms with Gasteiger partial charge >= 0.3 is 6.18 Å². The largest absolute Gasteiger partial charge is 0.488 e. The van der Waals surface area contributed by atoms with Gasteiger partial charge in [-0.05, 0) is 25.1 Å². The van der Waals surface area contributed by atoms with E-state index in [1.807, 2.05) is 13.8 Å². The van der Waals surface area contributed by atoms with Crippen molar-refractivity contribution in [3.8, 4) is 5.75 Å². The van der Waals surface area contributed by atoms with Crippen LogP contribution in [0.5, 0.6) is 5.75 Å². The summed E-state index contributed by atoms with van der Waals surface area (Å²) in [6.07, 6.45) is -3.99. The van der Waals surface area contributed by atoms with Gasteiger partial charge < -0.3 is 10.1 Å². The third-order valence-electron chi connectivity index (χ3n) is 2.56. The summed E-state index contributed by atoms with van der Waals surface area (Å²) in [4.78, 5) is 0. The molecule has 1 N–H and O–H groups in total. The normalized spacial score (nSPS) is 13.4. The average Bonchev–Trinajstić information content (AvgIpc) is 2.33. The molecule has 1 aromatic rings. The van der Waals surface area contributed by atoms with Gasteiger partial charge in [0.2, 0.25) is 0 Å². The van der Waals surface area contributed by atoms with Crippen molar-refractivity contribution >= 4 is 0 Å². The number of likely N-dealkylation sites (N-methyl/N-ethyl adjacent to an activating group) is 1. The van der Waals surface area contributed by atoms with Crippen LogP contribution in [0.2, 0.25) is 0 Å². The van der Waals surface area contributed by atoms with Gasteiger partial charge in [0.15, 0.2) is 0 Å². The van der Waals surface area contributed by atoms with E-state index in [4.69, 9.17) is 4.74 Å². The quantitative estimate of drug-likeness (QED) is 0.846. The van der Waals surface area contributed by atoms with E-state index < -0.39 is 11.7 Å². The number of hydrogen-bond acceptors (Lipinski definition) is 2. The molecule has 0 spiro atoms. The van der Waals surface area contributed by atoms with E-state index >= 15 is 0 Å². The van der Waals surface area contributed by atoms with Crippen molar-refractivity contribution in [3.05, 3.63) is 29.8 Å². The number of hydrogen-bond donors (Lipinski definition) is 1. The predicted molar refractivity (Wildman–Crippen MR) is 64.7 cm³/mol. The highest BCUT2D eigenvalue weighted by molar-refractivity contribution is 5.35. The number of halogens is 3.